The molecule has 0 bridgehead atoms. The van der Waals surface area contributed by atoms with E-state index >= 15 is 0 Å². The van der Waals surface area contributed by atoms with E-state index in [4.69, 9.17) is 10.5 Å². The van der Waals surface area contributed by atoms with E-state index in [0.717, 1.165) is 30.3 Å². The van der Waals surface area contributed by atoms with Crippen molar-refractivity contribution >= 4 is 23.3 Å². The van der Waals surface area contributed by atoms with E-state index in [9.17, 15) is 0 Å². The van der Waals surface area contributed by atoms with Gasteiger partial charge < -0.3 is 20.7 Å². The van der Waals surface area contributed by atoms with Crippen molar-refractivity contribution in [2.45, 2.75) is 33.0 Å². The largest absolute Gasteiger partial charge is 0.372 e. The van der Waals surface area contributed by atoms with Crippen LogP contribution in [0.25, 0.3) is 0 Å². The molecule has 1 saturated heterocycles. The molecule has 1 aliphatic heterocycles. The van der Waals surface area contributed by atoms with Crippen LogP contribution >= 0.6 is 0 Å². The number of nitrogens with two attached hydrogens (primary N) is 1. The summed E-state index contributed by atoms with van der Waals surface area (Å²) >= 11 is 0. The quantitative estimate of drug-likeness (QED) is 0.897. The molecule has 1 fully saturated rings. The van der Waals surface area contributed by atoms with Gasteiger partial charge in [0, 0.05) is 24.8 Å². The summed E-state index contributed by atoms with van der Waals surface area (Å²) in [5, 5.41) is 3.20. The van der Waals surface area contributed by atoms with Gasteiger partial charge in [0.05, 0.1) is 24.1 Å². The zero-order valence-electron chi connectivity index (χ0n) is 13.7. The standard InChI is InChI=1S/C16H22N6O/c1-10-6-14(21-16(17)19-10)20-13-4-5-15(18-7-13)22-8-11(2)23-12(3)9-22/h4-7,11-12H,8-9H2,1-3H3,(H3,17,19,20,21)/t11-,12+. The number of nitrogens with zero attached hydrogens (tertiary/aromatic N) is 4. The monoisotopic (exact) mass is 314 g/mol. The predicted molar refractivity (Wildman–Crippen MR) is 90.9 cm³/mol. The molecule has 2 aromatic heterocycles. The number of hydrogen-bond acceptors (Lipinski definition) is 7. The molecule has 3 heterocycles. The lowest BCUT2D eigenvalue weighted by Gasteiger charge is -2.36. The van der Waals surface area contributed by atoms with Crippen LogP contribution in [-0.2, 0) is 4.74 Å². The molecule has 122 valence electrons. The first kappa shape index (κ1) is 15.5. The Bertz CT molecular complexity index is 645. The third-order valence-corrected chi connectivity index (χ3v) is 3.64. The Labute approximate surface area is 135 Å². The summed E-state index contributed by atoms with van der Waals surface area (Å²) in [6.07, 6.45) is 2.23. The van der Waals surface area contributed by atoms with E-state index in [1.807, 2.05) is 25.1 Å². The highest BCUT2D eigenvalue weighted by atomic mass is 16.5. The van der Waals surface area contributed by atoms with Gasteiger partial charge in [-0.15, -0.1) is 0 Å². The fourth-order valence-electron chi connectivity index (χ4n) is 2.82. The normalized spacial score (nSPS) is 21.3. The van der Waals surface area contributed by atoms with Gasteiger partial charge in [-0.2, -0.15) is 4.98 Å². The average molecular weight is 314 g/mol. The van der Waals surface area contributed by atoms with Crippen LogP contribution in [0.1, 0.15) is 19.5 Å². The van der Waals surface area contributed by atoms with Gasteiger partial charge in [-0.1, -0.05) is 0 Å². The zero-order valence-corrected chi connectivity index (χ0v) is 13.7. The van der Waals surface area contributed by atoms with Crippen LogP contribution in [0.3, 0.4) is 0 Å². The van der Waals surface area contributed by atoms with E-state index < -0.39 is 0 Å². The second kappa shape index (κ2) is 6.37. The molecule has 0 unspecified atom stereocenters. The number of aryl methyl sites for hydroxylation is 1. The van der Waals surface area contributed by atoms with Crippen molar-refractivity contribution in [3.05, 3.63) is 30.1 Å². The summed E-state index contributed by atoms with van der Waals surface area (Å²) in [6.45, 7) is 7.75. The average Bonchev–Trinajstić information content (AvgIpc) is 2.46. The SMILES string of the molecule is Cc1cc(Nc2ccc(N3C[C@@H](C)O[C@@H](C)C3)nc2)nc(N)n1. The number of aromatic nitrogens is 3. The smallest absolute Gasteiger partial charge is 0.222 e. The van der Waals surface area contributed by atoms with Gasteiger partial charge in [-0.3, -0.25) is 0 Å². The Morgan fingerprint density at radius 2 is 1.96 bits per heavy atom. The maximum Gasteiger partial charge on any atom is 0.222 e. The third kappa shape index (κ3) is 3.87. The van der Waals surface area contributed by atoms with Crippen LogP contribution in [0.4, 0.5) is 23.3 Å². The van der Waals surface area contributed by atoms with E-state index in [-0.39, 0.29) is 18.2 Å². The Morgan fingerprint density at radius 1 is 1.22 bits per heavy atom. The molecule has 3 N–H and O–H groups in total. The summed E-state index contributed by atoms with van der Waals surface area (Å²) in [7, 11) is 0. The Balaban J connectivity index is 1.71. The first-order valence-electron chi connectivity index (χ1n) is 7.74. The van der Waals surface area contributed by atoms with Gasteiger partial charge in [0.15, 0.2) is 0 Å². The molecule has 1 aliphatic rings. The molecule has 0 saturated carbocycles. The Kier molecular flexibility index (Phi) is 4.29. The summed E-state index contributed by atoms with van der Waals surface area (Å²) < 4.78 is 5.76. The molecule has 3 rings (SSSR count). The topological polar surface area (TPSA) is 89.2 Å². The lowest BCUT2D eigenvalue weighted by atomic mass is 10.2. The van der Waals surface area contributed by atoms with E-state index in [2.05, 4.69) is 39.0 Å². The number of morpholine rings is 1. The van der Waals surface area contributed by atoms with Crippen LogP contribution in [-0.4, -0.2) is 40.2 Å². The van der Waals surface area contributed by atoms with Gasteiger partial charge in [0.1, 0.15) is 11.6 Å². The molecule has 7 heteroatoms. The number of hydrogen-bond donors (Lipinski definition) is 2. The van der Waals surface area contributed by atoms with Gasteiger partial charge in [-0.05, 0) is 32.9 Å². The van der Waals surface area contributed by atoms with Crippen LogP contribution < -0.4 is 16.0 Å². The van der Waals surface area contributed by atoms with Gasteiger partial charge in [-0.25, -0.2) is 9.97 Å². The third-order valence-electron chi connectivity index (χ3n) is 3.64. The molecule has 2 aromatic rings. The highest BCUT2D eigenvalue weighted by Crippen LogP contribution is 2.21. The van der Waals surface area contributed by atoms with E-state index in [1.165, 1.54) is 0 Å². The first-order valence-corrected chi connectivity index (χ1v) is 7.74. The van der Waals surface area contributed by atoms with Crippen molar-refractivity contribution < 1.29 is 4.74 Å². The van der Waals surface area contributed by atoms with Crippen molar-refractivity contribution in [1.29, 1.82) is 0 Å². The minimum atomic E-state index is 0.213. The van der Waals surface area contributed by atoms with Crippen molar-refractivity contribution in [3.8, 4) is 0 Å². The number of nitrogens with one attached hydrogen (secondary N) is 1. The van der Waals surface area contributed by atoms with Gasteiger partial charge in [0.2, 0.25) is 5.95 Å². The van der Waals surface area contributed by atoms with E-state index in [1.54, 1.807) is 6.20 Å². The number of anilines is 4. The lowest BCUT2D eigenvalue weighted by Crippen LogP contribution is -2.45. The summed E-state index contributed by atoms with van der Waals surface area (Å²) in [4.78, 5) is 15.0. The van der Waals surface area contributed by atoms with Gasteiger partial charge >= 0.3 is 0 Å². The second-order valence-corrected chi connectivity index (χ2v) is 5.95. The minimum Gasteiger partial charge on any atom is -0.372 e. The molecule has 0 radical (unpaired) electrons. The zero-order chi connectivity index (χ0) is 16.4. The van der Waals surface area contributed by atoms with Crippen molar-refractivity contribution in [3.63, 3.8) is 0 Å². The lowest BCUT2D eigenvalue weighted by molar-refractivity contribution is -0.00545. The fourth-order valence-corrected chi connectivity index (χ4v) is 2.82. The van der Waals surface area contributed by atoms with Crippen LogP contribution in [0.2, 0.25) is 0 Å². The summed E-state index contributed by atoms with van der Waals surface area (Å²) in [5.74, 6) is 1.88. The van der Waals surface area contributed by atoms with Crippen molar-refractivity contribution in [2.75, 3.05) is 29.0 Å². The van der Waals surface area contributed by atoms with Crippen LogP contribution in [0, 0.1) is 6.92 Å². The number of rotatable bonds is 3. The number of nitrogen functional groups attached to an aromatic ring is 1. The highest BCUT2D eigenvalue weighted by molar-refractivity contribution is 5.58. The van der Waals surface area contributed by atoms with Gasteiger partial charge in [0.25, 0.3) is 0 Å². The maximum absolute atomic E-state index is 5.76. The molecule has 2 atom stereocenters. The molecule has 0 spiro atoms. The molecule has 7 nitrogen and oxygen atoms in total. The first-order chi connectivity index (χ1) is 11.0. The number of ether oxygens (including phenoxy) is 1. The second-order valence-electron chi connectivity index (χ2n) is 5.95. The van der Waals surface area contributed by atoms with Crippen molar-refractivity contribution in [1.82, 2.24) is 15.0 Å². The van der Waals surface area contributed by atoms with Crippen LogP contribution in [0.15, 0.2) is 24.4 Å². The summed E-state index contributed by atoms with van der Waals surface area (Å²) in [6, 6.07) is 5.83. The Morgan fingerprint density at radius 3 is 2.57 bits per heavy atom. The minimum absolute atomic E-state index is 0.213. The van der Waals surface area contributed by atoms with E-state index in [0.29, 0.717) is 5.82 Å². The molecular formula is C16H22N6O. The maximum atomic E-state index is 5.76. The van der Waals surface area contributed by atoms with Crippen molar-refractivity contribution in [2.24, 2.45) is 0 Å². The number of pyridine rings is 1. The Hall–Kier alpha value is -2.41. The van der Waals surface area contributed by atoms with Crippen LogP contribution in [0.5, 0.6) is 0 Å². The molecule has 23 heavy (non-hydrogen) atoms. The molecule has 0 aliphatic carbocycles. The molecule has 0 aromatic carbocycles. The molecule has 0 amide bonds. The predicted octanol–water partition coefficient (Wildman–Crippen LogP) is 2.12. The highest BCUT2D eigenvalue weighted by Gasteiger charge is 2.22. The summed E-state index contributed by atoms with van der Waals surface area (Å²) in [5.41, 5.74) is 7.35. The molecular weight excluding hydrogens is 292 g/mol. The fraction of sp³-hybridized carbons (Fsp3) is 0.438.